The summed E-state index contributed by atoms with van der Waals surface area (Å²) in [7, 11) is 1.29. The molecule has 1 aliphatic heterocycles. The van der Waals surface area contributed by atoms with Crippen LogP contribution in [0.25, 0.3) is 0 Å². The number of ether oxygens (including phenoxy) is 2. The van der Waals surface area contributed by atoms with E-state index in [2.05, 4.69) is 15.6 Å². The number of anilines is 3. The van der Waals surface area contributed by atoms with Crippen molar-refractivity contribution < 1.29 is 23.9 Å². The van der Waals surface area contributed by atoms with Crippen molar-refractivity contribution in [1.82, 2.24) is 4.98 Å². The van der Waals surface area contributed by atoms with Crippen LogP contribution in [0.15, 0.2) is 60.7 Å². The summed E-state index contributed by atoms with van der Waals surface area (Å²) in [5.41, 5.74) is 2.28. The third-order valence-corrected chi connectivity index (χ3v) is 5.08. The van der Waals surface area contributed by atoms with Gasteiger partial charge in [0.15, 0.2) is 11.6 Å². The van der Waals surface area contributed by atoms with Crippen molar-refractivity contribution in [3.63, 3.8) is 0 Å². The number of carbonyl (C=O) groups is 3. The van der Waals surface area contributed by atoms with E-state index in [-0.39, 0.29) is 24.1 Å². The van der Waals surface area contributed by atoms with E-state index in [9.17, 15) is 14.4 Å². The van der Waals surface area contributed by atoms with Crippen LogP contribution < -0.4 is 20.3 Å². The molecule has 0 saturated heterocycles. The molecular weight excluding hydrogens is 424 g/mol. The van der Waals surface area contributed by atoms with Crippen LogP contribution in [0.2, 0.25) is 0 Å². The Labute approximate surface area is 190 Å². The normalized spacial score (nSPS) is 12.2. The molecule has 9 heteroatoms. The Balaban J connectivity index is 1.57. The summed E-state index contributed by atoms with van der Waals surface area (Å²) in [5, 5.41) is 5.59. The highest BCUT2D eigenvalue weighted by molar-refractivity contribution is 6.06. The van der Waals surface area contributed by atoms with E-state index in [1.54, 1.807) is 43.3 Å². The first-order valence-corrected chi connectivity index (χ1v) is 10.2. The molecule has 0 aliphatic carbocycles. The van der Waals surface area contributed by atoms with Crippen molar-refractivity contribution in [2.75, 3.05) is 35.8 Å². The number of rotatable bonds is 4. The van der Waals surface area contributed by atoms with Gasteiger partial charge in [-0.25, -0.2) is 14.6 Å². The van der Waals surface area contributed by atoms with Crippen molar-refractivity contribution in [3.8, 4) is 5.75 Å². The molecular formula is C24H22N4O5. The van der Waals surface area contributed by atoms with Crippen LogP contribution in [0.3, 0.4) is 0 Å². The van der Waals surface area contributed by atoms with Gasteiger partial charge in [0, 0.05) is 11.4 Å². The van der Waals surface area contributed by atoms with E-state index in [4.69, 9.17) is 9.47 Å². The highest BCUT2D eigenvalue weighted by Crippen LogP contribution is 2.30. The van der Waals surface area contributed by atoms with Gasteiger partial charge in [0.2, 0.25) is 0 Å². The number of aryl methyl sites for hydroxylation is 1. The summed E-state index contributed by atoms with van der Waals surface area (Å²) < 4.78 is 10.4. The Morgan fingerprint density at radius 2 is 1.82 bits per heavy atom. The van der Waals surface area contributed by atoms with Gasteiger partial charge in [-0.2, -0.15) is 0 Å². The van der Waals surface area contributed by atoms with E-state index < -0.39 is 11.9 Å². The molecule has 0 atom stereocenters. The zero-order valence-electron chi connectivity index (χ0n) is 18.1. The van der Waals surface area contributed by atoms with E-state index in [1.165, 1.54) is 18.1 Å². The first-order valence-electron chi connectivity index (χ1n) is 10.2. The van der Waals surface area contributed by atoms with Gasteiger partial charge in [-0.1, -0.05) is 24.3 Å². The topological polar surface area (TPSA) is 110 Å². The van der Waals surface area contributed by atoms with Crippen LogP contribution in [0.5, 0.6) is 5.75 Å². The average Bonchev–Trinajstić information content (AvgIpc) is 2.84. The van der Waals surface area contributed by atoms with E-state index >= 15 is 0 Å². The van der Waals surface area contributed by atoms with E-state index in [0.29, 0.717) is 29.3 Å². The third kappa shape index (κ3) is 4.77. The van der Waals surface area contributed by atoms with Gasteiger partial charge in [0.1, 0.15) is 12.3 Å². The molecule has 4 rings (SSSR count). The summed E-state index contributed by atoms with van der Waals surface area (Å²) in [4.78, 5) is 43.4. The van der Waals surface area contributed by atoms with Gasteiger partial charge in [-0.3, -0.25) is 9.69 Å². The number of methoxy groups -OCH3 is 1. The summed E-state index contributed by atoms with van der Waals surface area (Å²) in [6.45, 7) is 2.40. The number of hydrogen-bond donors (Lipinski definition) is 2. The molecule has 33 heavy (non-hydrogen) atoms. The number of benzene rings is 2. The van der Waals surface area contributed by atoms with Gasteiger partial charge < -0.3 is 20.1 Å². The zero-order valence-corrected chi connectivity index (χ0v) is 18.1. The number of fused-ring (bicyclic) bond motifs is 1. The van der Waals surface area contributed by atoms with Gasteiger partial charge in [-0.05, 0) is 48.9 Å². The molecule has 0 radical (unpaired) electrons. The van der Waals surface area contributed by atoms with Crippen molar-refractivity contribution in [1.29, 1.82) is 0 Å². The fraction of sp³-hybridized carbons (Fsp3) is 0.167. The molecule has 3 aromatic rings. The molecule has 0 bridgehead atoms. The van der Waals surface area contributed by atoms with Gasteiger partial charge in [-0.15, -0.1) is 0 Å². The van der Waals surface area contributed by atoms with Crippen LogP contribution in [0, 0.1) is 6.92 Å². The van der Waals surface area contributed by atoms with Gasteiger partial charge in [0.25, 0.3) is 5.91 Å². The van der Waals surface area contributed by atoms with Crippen molar-refractivity contribution in [3.05, 3.63) is 77.5 Å². The number of pyridine rings is 1. The molecule has 9 nitrogen and oxygen atoms in total. The molecule has 1 aromatic heterocycles. The Kier molecular flexibility index (Phi) is 6.21. The molecule has 168 valence electrons. The van der Waals surface area contributed by atoms with Crippen LogP contribution in [0.1, 0.15) is 26.4 Å². The molecule has 0 spiro atoms. The van der Waals surface area contributed by atoms with E-state index in [1.807, 2.05) is 18.2 Å². The lowest BCUT2D eigenvalue weighted by atomic mass is 10.1. The number of nitrogens with zero attached hydrogens (tertiary/aromatic N) is 2. The first-order chi connectivity index (χ1) is 16.0. The Morgan fingerprint density at radius 1 is 1.03 bits per heavy atom. The van der Waals surface area contributed by atoms with E-state index in [0.717, 1.165) is 5.56 Å². The van der Waals surface area contributed by atoms with Gasteiger partial charge in [0.05, 0.1) is 19.2 Å². The average molecular weight is 446 g/mol. The van der Waals surface area contributed by atoms with Gasteiger partial charge >= 0.3 is 12.0 Å². The molecule has 1 aliphatic rings. The number of nitrogens with one attached hydrogen (secondary N) is 2. The third-order valence-electron chi connectivity index (χ3n) is 5.08. The highest BCUT2D eigenvalue weighted by atomic mass is 16.5. The number of para-hydroxylation sites is 1. The molecule has 0 saturated carbocycles. The maximum atomic E-state index is 12.9. The summed E-state index contributed by atoms with van der Waals surface area (Å²) >= 11 is 0. The summed E-state index contributed by atoms with van der Waals surface area (Å²) in [5.74, 6) is -0.334. The number of carbonyl (C=O) groups excluding carboxylic acids is 3. The standard InChI is InChI=1S/C24H22N4O5/c1-15-8-9-16(23(30)32-2)14-19(15)27-22(29)18-10-11-20-21(26-18)28(12-13-33-20)24(31)25-17-6-4-3-5-7-17/h3-11,14H,12-13H2,1-2H3,(H,25,31)(H,27,29). The minimum atomic E-state index is -0.505. The summed E-state index contributed by atoms with van der Waals surface area (Å²) in [6.07, 6.45) is 0. The number of hydrogen-bond acceptors (Lipinski definition) is 6. The Morgan fingerprint density at radius 3 is 2.58 bits per heavy atom. The lowest BCUT2D eigenvalue weighted by Gasteiger charge is -2.28. The summed E-state index contributed by atoms with van der Waals surface area (Å²) in [6, 6.07) is 16.7. The smallest absolute Gasteiger partial charge is 0.337 e. The molecule has 2 heterocycles. The van der Waals surface area contributed by atoms with Crippen LogP contribution >= 0.6 is 0 Å². The van der Waals surface area contributed by atoms with Crippen molar-refractivity contribution in [2.45, 2.75) is 6.92 Å². The Bertz CT molecular complexity index is 1210. The predicted molar refractivity (Wildman–Crippen MR) is 123 cm³/mol. The molecule has 0 fully saturated rings. The maximum Gasteiger partial charge on any atom is 0.337 e. The highest BCUT2D eigenvalue weighted by Gasteiger charge is 2.27. The SMILES string of the molecule is COC(=O)c1ccc(C)c(NC(=O)c2ccc3c(n2)N(C(=O)Nc2ccccc2)CCO3)c1. The minimum Gasteiger partial charge on any atom is -0.488 e. The second-order valence-electron chi connectivity index (χ2n) is 7.29. The zero-order chi connectivity index (χ0) is 23.4. The maximum absolute atomic E-state index is 12.9. The second-order valence-corrected chi connectivity index (χ2v) is 7.29. The monoisotopic (exact) mass is 446 g/mol. The van der Waals surface area contributed by atoms with Crippen LogP contribution in [-0.4, -0.2) is 43.2 Å². The fourth-order valence-corrected chi connectivity index (χ4v) is 3.32. The second kappa shape index (κ2) is 9.39. The van der Waals surface area contributed by atoms with Crippen LogP contribution in [-0.2, 0) is 4.74 Å². The first kappa shape index (κ1) is 21.8. The van der Waals surface area contributed by atoms with Crippen molar-refractivity contribution in [2.24, 2.45) is 0 Å². The number of amides is 3. The molecule has 3 amide bonds. The van der Waals surface area contributed by atoms with Crippen LogP contribution in [0.4, 0.5) is 22.0 Å². The minimum absolute atomic E-state index is 0.0969. The molecule has 2 aromatic carbocycles. The lowest BCUT2D eigenvalue weighted by molar-refractivity contribution is 0.0600. The quantitative estimate of drug-likeness (QED) is 0.589. The molecule has 0 unspecified atom stereocenters. The van der Waals surface area contributed by atoms with Crippen molar-refractivity contribution >= 4 is 35.1 Å². The molecule has 2 N–H and O–H groups in total. The largest absolute Gasteiger partial charge is 0.488 e. The number of urea groups is 1. The predicted octanol–water partition coefficient (Wildman–Crippen LogP) is 3.86. The number of esters is 1. The fourth-order valence-electron chi connectivity index (χ4n) is 3.32. The number of aromatic nitrogens is 1. The Hall–Kier alpha value is -4.40. The lowest BCUT2D eigenvalue weighted by Crippen LogP contribution is -2.41.